The van der Waals surface area contributed by atoms with Crippen LogP contribution in [0.3, 0.4) is 0 Å². The van der Waals surface area contributed by atoms with Crippen LogP contribution in [-0.2, 0) is 4.74 Å². The van der Waals surface area contributed by atoms with Crippen LogP contribution in [0.1, 0.15) is 10.6 Å². The third-order valence-electron chi connectivity index (χ3n) is 4.05. The maximum Gasteiger partial charge on any atom is 0.307 e. The molecule has 2 amide bonds. The molecular formula is C21H22N2O7S. The number of fused-ring (bicyclic) bond motifs is 1. The number of nitrogens with one attached hydrogen (secondary N) is 2. The third-order valence-corrected chi connectivity index (χ3v) is 4.84. The zero-order chi connectivity index (χ0) is 22.1. The van der Waals surface area contributed by atoms with E-state index in [0.29, 0.717) is 35.2 Å². The van der Waals surface area contributed by atoms with E-state index < -0.39 is 5.24 Å². The molecule has 1 aromatic heterocycles. The van der Waals surface area contributed by atoms with Gasteiger partial charge in [0, 0.05) is 23.5 Å². The Kier molecular flexibility index (Phi) is 8.16. The number of carbonyl (C=O) groups excluding carboxylic acids is 2. The molecule has 31 heavy (non-hydrogen) atoms. The average Bonchev–Trinajstić information content (AvgIpc) is 3.21. The third kappa shape index (κ3) is 6.64. The van der Waals surface area contributed by atoms with Gasteiger partial charge in [0.1, 0.15) is 30.3 Å². The molecule has 0 aliphatic heterocycles. The standard InChI is InChI=1S/C21H22N2O7S/c1-27-10-11-29-16-3-2-14-12-19(30-18(14)13-16)20(24)22-8-9-28-15-4-6-17(7-5-15)31-21(25)23-26/h2-7,12-13,26H,8-11H2,1H3,(H,22,24)(H,23,25). The van der Waals surface area contributed by atoms with Crippen LogP contribution in [0.25, 0.3) is 11.0 Å². The van der Waals surface area contributed by atoms with Crippen molar-refractivity contribution in [3.8, 4) is 11.5 Å². The van der Waals surface area contributed by atoms with Crippen molar-refractivity contribution in [2.75, 3.05) is 33.5 Å². The Balaban J connectivity index is 1.46. The monoisotopic (exact) mass is 446 g/mol. The van der Waals surface area contributed by atoms with Gasteiger partial charge in [-0.3, -0.25) is 14.8 Å². The summed E-state index contributed by atoms with van der Waals surface area (Å²) in [7, 11) is 1.60. The van der Waals surface area contributed by atoms with Gasteiger partial charge in [0.2, 0.25) is 0 Å². The Morgan fingerprint density at radius 2 is 1.74 bits per heavy atom. The molecule has 0 spiro atoms. The van der Waals surface area contributed by atoms with Gasteiger partial charge in [-0.1, -0.05) is 0 Å². The summed E-state index contributed by atoms with van der Waals surface area (Å²) in [4.78, 5) is 24.1. The number of thioether (sulfide) groups is 1. The van der Waals surface area contributed by atoms with E-state index >= 15 is 0 Å². The first-order chi connectivity index (χ1) is 15.1. The molecule has 10 heteroatoms. The molecule has 3 rings (SSSR count). The van der Waals surface area contributed by atoms with E-state index in [1.54, 1.807) is 49.0 Å². The van der Waals surface area contributed by atoms with E-state index in [1.807, 2.05) is 12.1 Å². The minimum Gasteiger partial charge on any atom is -0.492 e. The first-order valence-corrected chi connectivity index (χ1v) is 10.2. The molecule has 0 saturated heterocycles. The zero-order valence-electron chi connectivity index (χ0n) is 16.8. The van der Waals surface area contributed by atoms with E-state index in [-0.39, 0.29) is 24.8 Å². The van der Waals surface area contributed by atoms with Crippen molar-refractivity contribution in [1.82, 2.24) is 10.8 Å². The summed E-state index contributed by atoms with van der Waals surface area (Å²) in [6.07, 6.45) is 0. The second kappa shape index (κ2) is 11.3. The minimum absolute atomic E-state index is 0.201. The number of ether oxygens (including phenoxy) is 3. The minimum atomic E-state index is -0.572. The van der Waals surface area contributed by atoms with Crippen molar-refractivity contribution >= 4 is 33.9 Å². The van der Waals surface area contributed by atoms with Crippen molar-refractivity contribution in [2.24, 2.45) is 0 Å². The van der Waals surface area contributed by atoms with Crippen molar-refractivity contribution in [3.63, 3.8) is 0 Å². The lowest BCUT2D eigenvalue weighted by Crippen LogP contribution is -2.27. The molecule has 164 valence electrons. The van der Waals surface area contributed by atoms with Crippen LogP contribution in [-0.4, -0.2) is 49.8 Å². The van der Waals surface area contributed by atoms with Crippen molar-refractivity contribution in [3.05, 3.63) is 54.3 Å². The lowest BCUT2D eigenvalue weighted by Gasteiger charge is -2.07. The normalized spacial score (nSPS) is 10.6. The van der Waals surface area contributed by atoms with E-state index in [2.05, 4.69) is 5.32 Å². The first-order valence-electron chi connectivity index (χ1n) is 9.37. The molecule has 0 unspecified atom stereocenters. The highest BCUT2D eigenvalue weighted by molar-refractivity contribution is 8.13. The Labute approximate surface area is 182 Å². The molecule has 0 bridgehead atoms. The van der Waals surface area contributed by atoms with E-state index in [0.717, 1.165) is 17.1 Å². The largest absolute Gasteiger partial charge is 0.492 e. The van der Waals surface area contributed by atoms with Gasteiger partial charge in [-0.15, -0.1) is 0 Å². The SMILES string of the molecule is COCCOc1ccc2cc(C(=O)NCCOc3ccc(SC(=O)NO)cc3)oc2c1. The Bertz CT molecular complexity index is 1020. The van der Waals surface area contributed by atoms with Crippen molar-refractivity contribution < 1.29 is 33.4 Å². The van der Waals surface area contributed by atoms with Crippen LogP contribution in [0.4, 0.5) is 4.79 Å². The lowest BCUT2D eigenvalue weighted by molar-refractivity contribution is 0.0921. The van der Waals surface area contributed by atoms with Crippen LogP contribution in [0, 0.1) is 0 Å². The highest BCUT2D eigenvalue weighted by Gasteiger charge is 2.12. The molecule has 0 fully saturated rings. The molecule has 0 radical (unpaired) electrons. The van der Waals surface area contributed by atoms with Crippen LogP contribution in [0.15, 0.2) is 57.8 Å². The fourth-order valence-electron chi connectivity index (χ4n) is 2.61. The van der Waals surface area contributed by atoms with Crippen LogP contribution in [0.5, 0.6) is 11.5 Å². The second-order valence-corrected chi connectivity index (χ2v) is 7.27. The number of hydrogen-bond donors (Lipinski definition) is 3. The number of rotatable bonds is 10. The first kappa shape index (κ1) is 22.5. The van der Waals surface area contributed by atoms with Crippen molar-refractivity contribution in [2.45, 2.75) is 4.90 Å². The summed E-state index contributed by atoms with van der Waals surface area (Å²) >= 11 is 0.853. The molecule has 3 aromatic rings. The zero-order valence-corrected chi connectivity index (χ0v) is 17.6. The van der Waals surface area contributed by atoms with Gasteiger partial charge in [0.05, 0.1) is 13.2 Å². The van der Waals surface area contributed by atoms with Gasteiger partial charge >= 0.3 is 5.24 Å². The molecule has 0 saturated carbocycles. The van der Waals surface area contributed by atoms with E-state index in [4.69, 9.17) is 23.8 Å². The molecule has 3 N–H and O–H groups in total. The average molecular weight is 446 g/mol. The molecule has 1 heterocycles. The smallest absolute Gasteiger partial charge is 0.307 e. The molecular weight excluding hydrogens is 424 g/mol. The molecule has 9 nitrogen and oxygen atoms in total. The Morgan fingerprint density at radius 1 is 1.00 bits per heavy atom. The maximum atomic E-state index is 12.3. The summed E-state index contributed by atoms with van der Waals surface area (Å²) in [5, 5.41) is 11.5. The summed E-state index contributed by atoms with van der Waals surface area (Å²) in [5.74, 6) is 1.09. The number of furan rings is 1. The van der Waals surface area contributed by atoms with Gasteiger partial charge in [-0.25, -0.2) is 5.48 Å². The van der Waals surface area contributed by atoms with Crippen LogP contribution >= 0.6 is 11.8 Å². The van der Waals surface area contributed by atoms with Gasteiger partial charge in [-0.05, 0) is 54.2 Å². The number of amides is 2. The predicted octanol–water partition coefficient (Wildman–Crippen LogP) is 3.46. The Hall–Kier alpha value is -3.21. The predicted molar refractivity (Wildman–Crippen MR) is 114 cm³/mol. The highest BCUT2D eigenvalue weighted by Crippen LogP contribution is 2.24. The molecule has 0 atom stereocenters. The van der Waals surface area contributed by atoms with Gasteiger partial charge in [-0.2, -0.15) is 0 Å². The van der Waals surface area contributed by atoms with E-state index in [1.165, 1.54) is 0 Å². The number of hydroxylamine groups is 1. The maximum absolute atomic E-state index is 12.3. The number of benzene rings is 2. The summed E-state index contributed by atoms with van der Waals surface area (Å²) in [5.41, 5.74) is 2.11. The lowest BCUT2D eigenvalue weighted by atomic mass is 10.2. The summed E-state index contributed by atoms with van der Waals surface area (Å²) in [6, 6.07) is 13.8. The fraction of sp³-hybridized carbons (Fsp3) is 0.238. The quantitative estimate of drug-likeness (QED) is 0.187. The molecule has 2 aromatic carbocycles. The molecule has 0 aliphatic carbocycles. The van der Waals surface area contributed by atoms with Crippen molar-refractivity contribution in [1.29, 1.82) is 0 Å². The topological polar surface area (TPSA) is 119 Å². The number of carbonyl (C=O) groups is 2. The number of methoxy groups -OCH3 is 1. The van der Waals surface area contributed by atoms with E-state index in [9.17, 15) is 9.59 Å². The number of hydrogen-bond acceptors (Lipinski definition) is 8. The Morgan fingerprint density at radius 3 is 2.48 bits per heavy atom. The van der Waals surface area contributed by atoms with Gasteiger partial charge in [0.15, 0.2) is 5.76 Å². The second-order valence-electron chi connectivity index (χ2n) is 6.23. The van der Waals surface area contributed by atoms with Crippen LogP contribution in [0.2, 0.25) is 0 Å². The highest BCUT2D eigenvalue weighted by atomic mass is 32.2. The summed E-state index contributed by atoms with van der Waals surface area (Å²) < 4.78 is 21.7. The fourth-order valence-corrected chi connectivity index (χ4v) is 3.14. The summed E-state index contributed by atoms with van der Waals surface area (Å²) in [6.45, 7) is 1.45. The molecule has 0 aliphatic rings. The van der Waals surface area contributed by atoms with Gasteiger partial charge in [0.25, 0.3) is 5.91 Å². The van der Waals surface area contributed by atoms with Crippen LogP contribution < -0.4 is 20.3 Å². The van der Waals surface area contributed by atoms with Gasteiger partial charge < -0.3 is 23.9 Å².